The van der Waals surface area contributed by atoms with Crippen molar-refractivity contribution in [3.63, 3.8) is 0 Å². The molecule has 1 fully saturated rings. The first-order valence-electron chi connectivity index (χ1n) is 10.0. The van der Waals surface area contributed by atoms with Crippen LogP contribution in [0.15, 0.2) is 59.5 Å². The Bertz CT molecular complexity index is 1090. The summed E-state index contributed by atoms with van der Waals surface area (Å²) in [7, 11) is -3.62. The van der Waals surface area contributed by atoms with Crippen molar-refractivity contribution in [2.75, 3.05) is 26.2 Å². The van der Waals surface area contributed by atoms with E-state index in [1.54, 1.807) is 35.2 Å². The number of para-hydroxylation sites is 1. The minimum absolute atomic E-state index is 0.0778. The summed E-state index contributed by atoms with van der Waals surface area (Å²) >= 11 is 0. The van der Waals surface area contributed by atoms with Crippen molar-refractivity contribution in [1.82, 2.24) is 9.21 Å². The highest BCUT2D eigenvalue weighted by Gasteiger charge is 2.29. The van der Waals surface area contributed by atoms with E-state index in [1.807, 2.05) is 26.0 Å². The molecule has 31 heavy (non-hydrogen) atoms. The van der Waals surface area contributed by atoms with E-state index in [0.29, 0.717) is 11.5 Å². The van der Waals surface area contributed by atoms with Gasteiger partial charge in [-0.1, -0.05) is 38.1 Å². The maximum atomic E-state index is 12.9. The van der Waals surface area contributed by atoms with Gasteiger partial charge >= 0.3 is 0 Å². The first kappa shape index (κ1) is 22.6. The van der Waals surface area contributed by atoms with Gasteiger partial charge in [-0.3, -0.25) is 14.9 Å². The molecule has 164 valence electrons. The summed E-state index contributed by atoms with van der Waals surface area (Å²) in [5.41, 5.74) is 1.33. The van der Waals surface area contributed by atoms with Gasteiger partial charge in [-0.15, -0.1) is 0 Å². The quantitative estimate of drug-likeness (QED) is 0.387. The predicted octanol–water partition coefficient (Wildman–Crippen LogP) is 3.26. The molecular weight excluding hydrogens is 418 g/mol. The van der Waals surface area contributed by atoms with Crippen LogP contribution in [0.4, 0.5) is 5.69 Å². The molecule has 1 aliphatic rings. The largest absolute Gasteiger partial charge is 0.337 e. The van der Waals surface area contributed by atoms with Gasteiger partial charge in [-0.05, 0) is 35.8 Å². The third-order valence-corrected chi connectivity index (χ3v) is 7.19. The van der Waals surface area contributed by atoms with Crippen LogP contribution in [0.2, 0.25) is 0 Å². The number of nitro benzene ring substituents is 1. The van der Waals surface area contributed by atoms with E-state index in [-0.39, 0.29) is 42.7 Å². The molecular formula is C22H25N3O5S. The van der Waals surface area contributed by atoms with Gasteiger partial charge < -0.3 is 4.90 Å². The lowest BCUT2D eigenvalue weighted by Gasteiger charge is -2.33. The summed E-state index contributed by atoms with van der Waals surface area (Å²) < 4.78 is 27.2. The lowest BCUT2D eigenvalue weighted by atomic mass is 10.0. The Labute approximate surface area is 182 Å². The van der Waals surface area contributed by atoms with Crippen LogP contribution >= 0.6 is 0 Å². The fraction of sp³-hybridized carbons (Fsp3) is 0.318. The van der Waals surface area contributed by atoms with Crippen LogP contribution < -0.4 is 0 Å². The molecule has 9 heteroatoms. The second kappa shape index (κ2) is 9.40. The summed E-state index contributed by atoms with van der Waals surface area (Å²) in [6.07, 6.45) is 2.71. The average Bonchev–Trinajstić information content (AvgIpc) is 2.77. The standard InChI is InChI=1S/C22H25N3O5S/c1-17(2)18-7-10-20(11-8-18)31(29,30)24-15-13-23(14-16-24)22(26)12-9-19-5-3-4-6-21(19)25(27)28/h3-12,17H,13-16H2,1-2H3/b12-9+. The number of carbonyl (C=O) groups excluding carboxylic acids is 1. The topological polar surface area (TPSA) is 101 Å². The van der Waals surface area contributed by atoms with Crippen molar-refractivity contribution in [1.29, 1.82) is 0 Å². The second-order valence-corrected chi connectivity index (χ2v) is 9.54. The van der Waals surface area contributed by atoms with E-state index in [4.69, 9.17) is 0 Å². The predicted molar refractivity (Wildman–Crippen MR) is 118 cm³/mol. The SMILES string of the molecule is CC(C)c1ccc(S(=O)(=O)N2CCN(C(=O)/C=C/c3ccccc3[N+](=O)[O-])CC2)cc1. The highest BCUT2D eigenvalue weighted by atomic mass is 32.2. The second-order valence-electron chi connectivity index (χ2n) is 7.60. The minimum atomic E-state index is -3.62. The third kappa shape index (κ3) is 5.18. The van der Waals surface area contributed by atoms with Crippen molar-refractivity contribution >= 4 is 27.7 Å². The molecule has 0 spiro atoms. The van der Waals surface area contributed by atoms with Crippen LogP contribution in [0.5, 0.6) is 0 Å². The van der Waals surface area contributed by atoms with E-state index in [1.165, 1.54) is 22.5 Å². The monoisotopic (exact) mass is 443 g/mol. The van der Waals surface area contributed by atoms with Crippen LogP contribution in [0.3, 0.4) is 0 Å². The van der Waals surface area contributed by atoms with Gasteiger partial charge in [0.1, 0.15) is 0 Å². The fourth-order valence-electron chi connectivity index (χ4n) is 3.38. The zero-order valence-electron chi connectivity index (χ0n) is 17.5. The Morgan fingerprint density at radius 1 is 1.03 bits per heavy atom. The molecule has 0 saturated carbocycles. The highest BCUT2D eigenvalue weighted by molar-refractivity contribution is 7.89. The summed E-state index contributed by atoms with van der Waals surface area (Å²) in [6, 6.07) is 13.1. The number of rotatable bonds is 6. The van der Waals surface area contributed by atoms with Crippen molar-refractivity contribution < 1.29 is 18.1 Å². The van der Waals surface area contributed by atoms with Gasteiger partial charge in [0.05, 0.1) is 15.4 Å². The molecule has 0 bridgehead atoms. The first-order chi connectivity index (χ1) is 14.7. The molecule has 0 unspecified atom stereocenters. The number of sulfonamides is 1. The maximum absolute atomic E-state index is 12.9. The maximum Gasteiger partial charge on any atom is 0.276 e. The normalized spacial score (nSPS) is 15.5. The first-order valence-corrected chi connectivity index (χ1v) is 11.4. The van der Waals surface area contributed by atoms with E-state index in [9.17, 15) is 23.3 Å². The van der Waals surface area contributed by atoms with Crippen molar-refractivity contribution in [3.05, 3.63) is 75.8 Å². The molecule has 3 rings (SSSR count). The molecule has 1 aliphatic heterocycles. The van der Waals surface area contributed by atoms with Crippen LogP contribution in [0.1, 0.15) is 30.9 Å². The molecule has 0 N–H and O–H groups in total. The fourth-order valence-corrected chi connectivity index (χ4v) is 4.81. The Morgan fingerprint density at radius 2 is 1.65 bits per heavy atom. The molecule has 1 amide bonds. The smallest absolute Gasteiger partial charge is 0.276 e. The molecule has 0 aliphatic carbocycles. The van der Waals surface area contributed by atoms with Gasteiger partial charge in [0.2, 0.25) is 15.9 Å². The van der Waals surface area contributed by atoms with Gasteiger partial charge in [-0.2, -0.15) is 4.31 Å². The zero-order valence-corrected chi connectivity index (χ0v) is 18.3. The molecule has 1 saturated heterocycles. The third-order valence-electron chi connectivity index (χ3n) is 5.27. The number of amides is 1. The molecule has 8 nitrogen and oxygen atoms in total. The molecule has 1 heterocycles. The Balaban J connectivity index is 1.63. The lowest BCUT2D eigenvalue weighted by molar-refractivity contribution is -0.385. The summed E-state index contributed by atoms with van der Waals surface area (Å²) in [6.45, 7) is 4.99. The van der Waals surface area contributed by atoms with E-state index in [2.05, 4.69) is 0 Å². The highest BCUT2D eigenvalue weighted by Crippen LogP contribution is 2.22. The van der Waals surface area contributed by atoms with Crippen LogP contribution in [0.25, 0.3) is 6.08 Å². The van der Waals surface area contributed by atoms with Gasteiger partial charge in [0, 0.05) is 38.3 Å². The molecule has 0 atom stereocenters. The number of nitro groups is 1. The van der Waals surface area contributed by atoms with Crippen molar-refractivity contribution in [3.8, 4) is 0 Å². The van der Waals surface area contributed by atoms with Crippen molar-refractivity contribution in [2.24, 2.45) is 0 Å². The Morgan fingerprint density at radius 3 is 2.23 bits per heavy atom. The molecule has 0 radical (unpaired) electrons. The summed E-state index contributed by atoms with van der Waals surface area (Å²) in [4.78, 5) is 24.8. The van der Waals surface area contributed by atoms with E-state index in [0.717, 1.165) is 5.56 Å². The van der Waals surface area contributed by atoms with E-state index < -0.39 is 14.9 Å². The number of benzene rings is 2. The number of carbonyl (C=O) groups is 1. The van der Waals surface area contributed by atoms with Crippen LogP contribution in [-0.2, 0) is 14.8 Å². The van der Waals surface area contributed by atoms with E-state index >= 15 is 0 Å². The molecule has 2 aromatic rings. The lowest BCUT2D eigenvalue weighted by Crippen LogP contribution is -2.50. The number of hydrogen-bond acceptors (Lipinski definition) is 5. The van der Waals surface area contributed by atoms with Gasteiger partial charge in [0.15, 0.2) is 0 Å². The van der Waals surface area contributed by atoms with Gasteiger partial charge in [0.25, 0.3) is 5.69 Å². The van der Waals surface area contributed by atoms with Crippen LogP contribution in [0, 0.1) is 10.1 Å². The number of piperazine rings is 1. The summed E-state index contributed by atoms with van der Waals surface area (Å²) in [5, 5.41) is 11.1. The Hall–Kier alpha value is -3.04. The van der Waals surface area contributed by atoms with Gasteiger partial charge in [-0.25, -0.2) is 8.42 Å². The molecule has 2 aromatic carbocycles. The van der Waals surface area contributed by atoms with Crippen molar-refractivity contribution in [2.45, 2.75) is 24.7 Å². The Kier molecular flexibility index (Phi) is 6.87. The number of hydrogen-bond donors (Lipinski definition) is 0. The summed E-state index contributed by atoms with van der Waals surface area (Å²) in [5.74, 6) is 0.00757. The van der Waals surface area contributed by atoms with Crippen LogP contribution in [-0.4, -0.2) is 54.6 Å². The minimum Gasteiger partial charge on any atom is -0.337 e. The zero-order chi connectivity index (χ0) is 22.6. The molecule has 0 aromatic heterocycles. The number of nitrogens with zero attached hydrogens (tertiary/aromatic N) is 3. The average molecular weight is 444 g/mol.